The van der Waals surface area contributed by atoms with Crippen LogP contribution in [0.5, 0.6) is 11.5 Å². The number of anilines is 1. The molecule has 14 heteroatoms. The number of aryl methyl sites for hydroxylation is 1. The van der Waals surface area contributed by atoms with E-state index in [9.17, 15) is 14.9 Å². The van der Waals surface area contributed by atoms with Crippen LogP contribution in [-0.2, 0) is 4.79 Å². The molecule has 0 saturated heterocycles. The highest BCUT2D eigenvalue weighted by molar-refractivity contribution is 7.99. The molecule has 0 saturated carbocycles. The Morgan fingerprint density at radius 2 is 1.86 bits per heavy atom. The molecule has 0 fully saturated rings. The fraction of sp³-hybridized carbons (Fsp3) is 0.174. The lowest BCUT2D eigenvalue weighted by molar-refractivity contribution is -0.384. The summed E-state index contributed by atoms with van der Waals surface area (Å²) in [6, 6.07) is 11.2. The molecule has 3 heterocycles. The van der Waals surface area contributed by atoms with E-state index in [1.807, 2.05) is 6.92 Å². The molecule has 0 radical (unpaired) electrons. The number of rotatable bonds is 8. The number of nitrogens with one attached hydrogen (secondary N) is 2. The van der Waals surface area contributed by atoms with Crippen LogP contribution in [0.1, 0.15) is 5.69 Å². The normalized spacial score (nSPS) is 11.1. The summed E-state index contributed by atoms with van der Waals surface area (Å²) in [5.74, 6) is 1.53. The van der Waals surface area contributed by atoms with Crippen LogP contribution in [0.15, 0.2) is 47.6 Å². The summed E-state index contributed by atoms with van der Waals surface area (Å²) in [6.07, 6.45) is 0. The van der Waals surface area contributed by atoms with E-state index in [0.717, 1.165) is 5.69 Å². The average Bonchev–Trinajstić information content (AvgIpc) is 3.53. The number of aromatic amines is 1. The van der Waals surface area contributed by atoms with Crippen LogP contribution in [0.25, 0.3) is 27.9 Å². The Morgan fingerprint density at radius 3 is 2.51 bits per heavy atom. The molecule has 0 aliphatic carbocycles. The maximum atomic E-state index is 12.5. The molecule has 37 heavy (non-hydrogen) atoms. The maximum absolute atomic E-state index is 12.5. The molecule has 5 aromatic rings. The van der Waals surface area contributed by atoms with Crippen molar-refractivity contribution in [3.63, 3.8) is 0 Å². The second-order valence-electron chi connectivity index (χ2n) is 7.87. The number of nitro groups is 1. The molecule has 0 atom stereocenters. The van der Waals surface area contributed by atoms with Crippen LogP contribution in [-0.4, -0.2) is 60.6 Å². The standard InChI is InChI=1S/C23H20N8O5S/c1-12-8-19(28-27-12)25-20(32)11-37-23-24-16-10-18(36-3)17(35-2)9-15(16)22-26-21(29-30(22)23)13-4-6-14(7-5-13)31(33)34/h4-10H,11H2,1-3H3,(H2,25,27,28,32). The van der Waals surface area contributed by atoms with E-state index >= 15 is 0 Å². The number of amides is 1. The van der Waals surface area contributed by atoms with Gasteiger partial charge in [-0.25, -0.2) is 9.97 Å². The highest BCUT2D eigenvalue weighted by Gasteiger charge is 2.19. The first-order valence-corrected chi connectivity index (χ1v) is 11.9. The summed E-state index contributed by atoms with van der Waals surface area (Å²) in [6.45, 7) is 1.84. The van der Waals surface area contributed by atoms with Crippen molar-refractivity contribution in [2.75, 3.05) is 25.3 Å². The van der Waals surface area contributed by atoms with E-state index in [2.05, 4.69) is 20.6 Å². The minimum Gasteiger partial charge on any atom is -0.493 e. The molecule has 0 aliphatic heterocycles. The third-order valence-electron chi connectivity index (χ3n) is 5.39. The number of thioether (sulfide) groups is 1. The first-order chi connectivity index (χ1) is 17.9. The Balaban J connectivity index is 1.57. The highest BCUT2D eigenvalue weighted by Crippen LogP contribution is 2.35. The molecule has 3 aromatic heterocycles. The molecule has 5 rings (SSSR count). The van der Waals surface area contributed by atoms with Gasteiger partial charge in [-0.1, -0.05) is 11.8 Å². The van der Waals surface area contributed by atoms with Crippen LogP contribution in [0.2, 0.25) is 0 Å². The Morgan fingerprint density at radius 1 is 1.14 bits per heavy atom. The number of aromatic nitrogens is 6. The fourth-order valence-corrected chi connectivity index (χ4v) is 4.39. The van der Waals surface area contributed by atoms with Gasteiger partial charge in [-0.05, 0) is 25.1 Å². The number of non-ortho nitro benzene ring substituents is 1. The van der Waals surface area contributed by atoms with Gasteiger partial charge >= 0.3 is 0 Å². The SMILES string of the molecule is COc1cc2nc(SCC(=O)Nc3cc(C)[nH]n3)n3nc(-c4ccc([N+](=O)[O-])cc4)nc3c2cc1OC. The molecular weight excluding hydrogens is 500 g/mol. The smallest absolute Gasteiger partial charge is 0.269 e. The zero-order valence-corrected chi connectivity index (χ0v) is 20.7. The second-order valence-corrected chi connectivity index (χ2v) is 8.81. The monoisotopic (exact) mass is 520 g/mol. The Hall–Kier alpha value is -4.72. The lowest BCUT2D eigenvalue weighted by Crippen LogP contribution is -2.15. The van der Waals surface area contributed by atoms with Crippen molar-refractivity contribution >= 4 is 45.7 Å². The molecule has 0 unspecified atom stereocenters. The summed E-state index contributed by atoms with van der Waals surface area (Å²) in [5.41, 5.74) is 2.42. The third-order valence-corrected chi connectivity index (χ3v) is 6.32. The lowest BCUT2D eigenvalue weighted by Gasteiger charge is -2.11. The predicted octanol–water partition coefficient (Wildman–Crippen LogP) is 3.63. The number of hydrogen-bond donors (Lipinski definition) is 2. The number of nitro benzene ring substituents is 1. The number of H-pyrrole nitrogens is 1. The van der Waals surface area contributed by atoms with Gasteiger partial charge in [0.2, 0.25) is 5.91 Å². The molecule has 0 bridgehead atoms. The maximum Gasteiger partial charge on any atom is 0.269 e. The fourth-order valence-electron chi connectivity index (χ4n) is 3.65. The number of fused-ring (bicyclic) bond motifs is 3. The van der Waals surface area contributed by atoms with Gasteiger partial charge in [0.15, 0.2) is 33.9 Å². The predicted molar refractivity (Wildman–Crippen MR) is 136 cm³/mol. The molecule has 188 valence electrons. The van der Waals surface area contributed by atoms with E-state index in [4.69, 9.17) is 19.4 Å². The first kappa shape index (κ1) is 24.0. The Bertz CT molecular complexity index is 1650. The van der Waals surface area contributed by atoms with Crippen molar-refractivity contribution in [3.8, 4) is 22.9 Å². The number of methoxy groups -OCH3 is 2. The average molecular weight is 521 g/mol. The summed E-state index contributed by atoms with van der Waals surface area (Å²) in [5, 5.41) is 26.2. The topological polar surface area (TPSA) is 162 Å². The number of benzene rings is 2. The van der Waals surface area contributed by atoms with Gasteiger partial charge in [0.1, 0.15) is 0 Å². The van der Waals surface area contributed by atoms with Gasteiger partial charge in [0, 0.05) is 40.9 Å². The van der Waals surface area contributed by atoms with Crippen LogP contribution in [0.3, 0.4) is 0 Å². The van der Waals surface area contributed by atoms with Crippen LogP contribution in [0, 0.1) is 17.0 Å². The Kier molecular flexibility index (Phi) is 6.31. The van der Waals surface area contributed by atoms with Gasteiger partial charge in [0.25, 0.3) is 5.69 Å². The number of hydrogen-bond acceptors (Lipinski definition) is 10. The van der Waals surface area contributed by atoms with Crippen molar-refractivity contribution in [2.24, 2.45) is 0 Å². The van der Waals surface area contributed by atoms with Gasteiger partial charge in [-0.3, -0.25) is 20.0 Å². The van der Waals surface area contributed by atoms with Crippen LogP contribution < -0.4 is 14.8 Å². The summed E-state index contributed by atoms with van der Waals surface area (Å²) < 4.78 is 12.4. The minimum atomic E-state index is -0.470. The Labute approximate surface area is 213 Å². The zero-order chi connectivity index (χ0) is 26.1. The van der Waals surface area contributed by atoms with E-state index in [0.29, 0.717) is 50.4 Å². The molecule has 0 spiro atoms. The molecule has 13 nitrogen and oxygen atoms in total. The van der Waals surface area contributed by atoms with Crippen molar-refractivity contribution < 1.29 is 19.2 Å². The lowest BCUT2D eigenvalue weighted by atomic mass is 10.2. The van der Waals surface area contributed by atoms with E-state index < -0.39 is 4.92 Å². The molecule has 0 aliphatic rings. The third kappa shape index (κ3) is 4.73. The van der Waals surface area contributed by atoms with Gasteiger partial charge in [-0.15, -0.1) is 5.10 Å². The summed E-state index contributed by atoms with van der Waals surface area (Å²) >= 11 is 1.18. The quantitative estimate of drug-likeness (QED) is 0.134. The van der Waals surface area contributed by atoms with E-state index in [1.165, 1.54) is 38.1 Å². The van der Waals surface area contributed by atoms with Gasteiger partial charge in [0.05, 0.1) is 30.4 Å². The largest absolute Gasteiger partial charge is 0.493 e. The minimum absolute atomic E-state index is 0.0363. The molecule has 2 N–H and O–H groups in total. The molecule has 1 amide bonds. The van der Waals surface area contributed by atoms with Crippen molar-refractivity contribution in [2.45, 2.75) is 12.1 Å². The second kappa shape index (κ2) is 9.73. The summed E-state index contributed by atoms with van der Waals surface area (Å²) in [4.78, 5) is 32.5. The van der Waals surface area contributed by atoms with Crippen LogP contribution >= 0.6 is 11.8 Å². The van der Waals surface area contributed by atoms with E-state index in [1.54, 1.807) is 34.8 Å². The van der Waals surface area contributed by atoms with Gasteiger partial charge < -0.3 is 14.8 Å². The summed E-state index contributed by atoms with van der Waals surface area (Å²) in [7, 11) is 3.06. The molecule has 2 aromatic carbocycles. The van der Waals surface area contributed by atoms with Crippen LogP contribution in [0.4, 0.5) is 11.5 Å². The number of carbonyl (C=O) groups is 1. The van der Waals surface area contributed by atoms with Gasteiger partial charge in [-0.2, -0.15) is 9.61 Å². The van der Waals surface area contributed by atoms with E-state index in [-0.39, 0.29) is 17.3 Å². The number of carbonyl (C=O) groups excluding carboxylic acids is 1. The molecular formula is C23H20N8O5S. The number of nitrogens with zero attached hydrogens (tertiary/aromatic N) is 6. The highest BCUT2D eigenvalue weighted by atomic mass is 32.2. The zero-order valence-electron chi connectivity index (χ0n) is 19.9. The first-order valence-electron chi connectivity index (χ1n) is 10.9. The van der Waals surface area contributed by atoms with Crippen molar-refractivity contribution in [1.29, 1.82) is 0 Å². The van der Waals surface area contributed by atoms with Crippen molar-refractivity contribution in [1.82, 2.24) is 29.8 Å². The number of ether oxygens (including phenoxy) is 2. The van der Waals surface area contributed by atoms with Crippen molar-refractivity contribution in [3.05, 3.63) is 58.3 Å².